The van der Waals surface area contributed by atoms with Gasteiger partial charge in [0.05, 0.1) is 18.2 Å². The summed E-state index contributed by atoms with van der Waals surface area (Å²) in [6.07, 6.45) is 3.66. The second-order valence-electron chi connectivity index (χ2n) is 10.0. The normalized spacial score (nSPS) is 24.8. The van der Waals surface area contributed by atoms with Gasteiger partial charge < -0.3 is 4.90 Å². The van der Waals surface area contributed by atoms with Crippen LogP contribution in [0, 0.1) is 16.7 Å². The number of carbonyl (C=O) groups excluding carboxylic acids is 1. The Morgan fingerprint density at radius 2 is 1.82 bits per heavy atom. The first-order valence-electron chi connectivity index (χ1n) is 9.69. The Kier molecular flexibility index (Phi) is 6.37. The standard InChI is InChI=1S/C20H35N3O3S2/c1-12(27-8)15-14-10-13(17(24)22-28(9,25)26)11-23(14)18(20(5,6)7)21-16(15)19(2,3)4/h12-13,16H,10-11H2,1-9H3,(H,22,24)/t12?,13-,16+/m0/s1. The summed E-state index contributed by atoms with van der Waals surface area (Å²) in [6, 6.07) is 0.0344. The summed E-state index contributed by atoms with van der Waals surface area (Å²) in [7, 11) is -3.57. The van der Waals surface area contributed by atoms with Crippen molar-refractivity contribution >= 4 is 33.5 Å². The molecular formula is C20H35N3O3S2. The van der Waals surface area contributed by atoms with E-state index in [1.165, 1.54) is 5.57 Å². The molecule has 6 nitrogen and oxygen atoms in total. The van der Waals surface area contributed by atoms with Crippen molar-refractivity contribution < 1.29 is 13.2 Å². The van der Waals surface area contributed by atoms with E-state index < -0.39 is 21.8 Å². The van der Waals surface area contributed by atoms with Gasteiger partial charge in [0.1, 0.15) is 5.84 Å². The van der Waals surface area contributed by atoms with E-state index >= 15 is 0 Å². The molecular weight excluding hydrogens is 394 g/mol. The zero-order valence-corrected chi connectivity index (χ0v) is 20.2. The summed E-state index contributed by atoms with van der Waals surface area (Å²) in [5.41, 5.74) is 2.19. The first-order valence-corrected chi connectivity index (χ1v) is 12.9. The van der Waals surface area contributed by atoms with Crippen LogP contribution in [-0.2, 0) is 14.8 Å². The number of aliphatic imine (C=N–C) groups is 1. The lowest BCUT2D eigenvalue weighted by Gasteiger charge is -2.43. The van der Waals surface area contributed by atoms with E-state index in [1.807, 2.05) is 0 Å². The number of amides is 1. The number of sulfonamides is 1. The molecule has 0 aliphatic carbocycles. The molecule has 160 valence electrons. The van der Waals surface area contributed by atoms with Crippen LogP contribution in [0.1, 0.15) is 54.9 Å². The van der Waals surface area contributed by atoms with E-state index in [0.29, 0.717) is 13.0 Å². The number of carbonyl (C=O) groups is 1. The van der Waals surface area contributed by atoms with Crippen molar-refractivity contribution in [1.82, 2.24) is 9.62 Å². The Labute approximate surface area is 174 Å². The van der Waals surface area contributed by atoms with Gasteiger partial charge in [0.25, 0.3) is 0 Å². The number of rotatable bonds is 4. The van der Waals surface area contributed by atoms with Gasteiger partial charge >= 0.3 is 0 Å². The molecule has 1 saturated heterocycles. The predicted octanol–water partition coefficient (Wildman–Crippen LogP) is 3.26. The number of hydrogen-bond acceptors (Lipinski definition) is 6. The molecule has 0 aromatic rings. The lowest BCUT2D eigenvalue weighted by atomic mass is 9.78. The smallest absolute Gasteiger partial charge is 0.238 e. The second kappa shape index (κ2) is 7.67. The molecule has 1 fully saturated rings. The molecule has 28 heavy (non-hydrogen) atoms. The van der Waals surface area contributed by atoms with Crippen LogP contribution < -0.4 is 4.72 Å². The zero-order valence-electron chi connectivity index (χ0n) is 18.6. The number of hydrogen-bond donors (Lipinski definition) is 1. The van der Waals surface area contributed by atoms with Gasteiger partial charge in [0.15, 0.2) is 0 Å². The van der Waals surface area contributed by atoms with Gasteiger partial charge in [0.2, 0.25) is 15.9 Å². The Balaban J connectivity index is 2.58. The number of amidine groups is 1. The molecule has 0 aromatic carbocycles. The van der Waals surface area contributed by atoms with Crippen LogP contribution in [0.4, 0.5) is 0 Å². The highest BCUT2D eigenvalue weighted by Crippen LogP contribution is 2.45. The maximum absolute atomic E-state index is 12.6. The topological polar surface area (TPSA) is 78.8 Å². The monoisotopic (exact) mass is 429 g/mol. The van der Waals surface area contributed by atoms with Crippen LogP contribution in [0.2, 0.25) is 0 Å². The summed E-state index contributed by atoms with van der Waals surface area (Å²) >= 11 is 1.78. The van der Waals surface area contributed by atoms with Crippen LogP contribution in [0.5, 0.6) is 0 Å². The van der Waals surface area contributed by atoms with Crippen molar-refractivity contribution in [2.24, 2.45) is 21.7 Å². The Hall–Kier alpha value is -1.02. The third-order valence-corrected chi connectivity index (χ3v) is 6.78. The van der Waals surface area contributed by atoms with Gasteiger partial charge in [0, 0.05) is 29.3 Å². The molecule has 2 heterocycles. The molecule has 1 amide bonds. The second-order valence-corrected chi connectivity index (χ2v) is 12.9. The quantitative estimate of drug-likeness (QED) is 0.742. The minimum Gasteiger partial charge on any atom is -0.333 e. The Bertz CT molecular complexity index is 802. The van der Waals surface area contributed by atoms with Crippen LogP contribution in [0.15, 0.2) is 16.3 Å². The van der Waals surface area contributed by atoms with E-state index in [1.54, 1.807) is 11.8 Å². The average Bonchev–Trinajstić information content (AvgIpc) is 2.93. The third kappa shape index (κ3) is 4.93. The van der Waals surface area contributed by atoms with Gasteiger partial charge in [-0.25, -0.2) is 8.42 Å². The van der Waals surface area contributed by atoms with E-state index in [9.17, 15) is 13.2 Å². The molecule has 2 rings (SSSR count). The van der Waals surface area contributed by atoms with Gasteiger partial charge in [-0.2, -0.15) is 11.8 Å². The summed E-state index contributed by atoms with van der Waals surface area (Å²) in [5.74, 6) is 0.148. The Morgan fingerprint density at radius 3 is 2.25 bits per heavy atom. The van der Waals surface area contributed by atoms with E-state index in [2.05, 4.69) is 64.3 Å². The maximum Gasteiger partial charge on any atom is 0.238 e. The molecule has 8 heteroatoms. The van der Waals surface area contributed by atoms with E-state index in [0.717, 1.165) is 17.8 Å². The molecule has 0 radical (unpaired) electrons. The van der Waals surface area contributed by atoms with Crippen molar-refractivity contribution in [3.05, 3.63) is 11.3 Å². The number of thioether (sulfide) groups is 1. The molecule has 1 N–H and O–H groups in total. The first kappa shape index (κ1) is 23.3. The molecule has 0 aromatic heterocycles. The average molecular weight is 430 g/mol. The largest absolute Gasteiger partial charge is 0.333 e. The maximum atomic E-state index is 12.6. The zero-order chi connectivity index (χ0) is 21.7. The van der Waals surface area contributed by atoms with Gasteiger partial charge in [-0.15, -0.1) is 0 Å². The summed E-state index contributed by atoms with van der Waals surface area (Å²) < 4.78 is 25.3. The highest BCUT2D eigenvalue weighted by atomic mass is 32.2. The minimum absolute atomic E-state index is 0.0344. The minimum atomic E-state index is -3.57. The van der Waals surface area contributed by atoms with Crippen molar-refractivity contribution in [1.29, 1.82) is 0 Å². The van der Waals surface area contributed by atoms with E-state index in [4.69, 9.17) is 4.99 Å². The molecule has 2 aliphatic rings. The number of nitrogens with one attached hydrogen (secondary N) is 1. The van der Waals surface area contributed by atoms with Crippen LogP contribution >= 0.6 is 11.8 Å². The number of nitrogens with zero attached hydrogens (tertiary/aromatic N) is 2. The number of allylic oxidation sites excluding steroid dienone is 1. The molecule has 3 atom stereocenters. The summed E-state index contributed by atoms with van der Waals surface area (Å²) in [6.45, 7) is 15.7. The van der Waals surface area contributed by atoms with Crippen LogP contribution in [-0.4, -0.2) is 55.4 Å². The molecule has 0 bridgehead atoms. The lowest BCUT2D eigenvalue weighted by Crippen LogP contribution is -2.46. The van der Waals surface area contributed by atoms with Gasteiger partial charge in [-0.05, 0) is 24.2 Å². The van der Waals surface area contributed by atoms with Crippen molar-refractivity contribution in [2.75, 3.05) is 19.1 Å². The fraction of sp³-hybridized carbons (Fsp3) is 0.800. The SMILES string of the molecule is CSC(C)C1=C2C[C@H](C(=O)NS(C)(=O)=O)CN2C(C(C)(C)C)=N[C@H]1C(C)(C)C. The summed E-state index contributed by atoms with van der Waals surface area (Å²) in [5, 5.41) is 0.267. The van der Waals surface area contributed by atoms with Gasteiger partial charge in [-0.1, -0.05) is 41.5 Å². The number of fused-ring (bicyclic) bond motifs is 1. The Morgan fingerprint density at radius 1 is 1.25 bits per heavy atom. The predicted molar refractivity (Wildman–Crippen MR) is 118 cm³/mol. The lowest BCUT2D eigenvalue weighted by molar-refractivity contribution is -0.122. The summed E-state index contributed by atoms with van der Waals surface area (Å²) in [4.78, 5) is 20.0. The van der Waals surface area contributed by atoms with Crippen molar-refractivity contribution in [2.45, 2.75) is 66.2 Å². The van der Waals surface area contributed by atoms with Crippen molar-refractivity contribution in [3.8, 4) is 0 Å². The van der Waals surface area contributed by atoms with Gasteiger partial charge in [-0.3, -0.25) is 14.5 Å². The van der Waals surface area contributed by atoms with Crippen LogP contribution in [0.3, 0.4) is 0 Å². The third-order valence-electron chi connectivity index (χ3n) is 5.24. The molecule has 1 unspecified atom stereocenters. The van der Waals surface area contributed by atoms with E-state index in [-0.39, 0.29) is 22.1 Å². The first-order chi connectivity index (χ1) is 12.6. The van der Waals surface area contributed by atoms with Crippen molar-refractivity contribution in [3.63, 3.8) is 0 Å². The fourth-order valence-corrected chi connectivity index (χ4v) is 4.98. The molecule has 2 aliphatic heterocycles. The highest BCUT2D eigenvalue weighted by Gasteiger charge is 2.46. The highest BCUT2D eigenvalue weighted by molar-refractivity contribution is 7.99. The fourth-order valence-electron chi connectivity index (χ4n) is 3.93. The molecule has 0 spiro atoms. The van der Waals surface area contributed by atoms with Crippen LogP contribution in [0.25, 0.3) is 0 Å². The molecule has 0 saturated carbocycles.